The summed E-state index contributed by atoms with van der Waals surface area (Å²) in [5, 5.41) is 14.7. The Morgan fingerprint density at radius 1 is 1.16 bits per heavy atom. The van der Waals surface area contributed by atoms with Crippen LogP contribution in [0.25, 0.3) is 0 Å². The van der Waals surface area contributed by atoms with Gasteiger partial charge in [-0.2, -0.15) is 5.10 Å². The van der Waals surface area contributed by atoms with Crippen molar-refractivity contribution in [3.63, 3.8) is 0 Å². The summed E-state index contributed by atoms with van der Waals surface area (Å²) in [5.74, 6) is -0.851. The Balaban J connectivity index is 1.91. The molecule has 3 rings (SSSR count). The molecule has 1 unspecified atom stereocenters. The predicted octanol–water partition coefficient (Wildman–Crippen LogP) is 2.61. The second-order valence-electron chi connectivity index (χ2n) is 7.09. The Hall–Kier alpha value is -3.40. The highest BCUT2D eigenvalue weighted by molar-refractivity contribution is 7.92. The second-order valence-corrected chi connectivity index (χ2v) is 8.84. The maximum atomic E-state index is 12.8. The summed E-state index contributed by atoms with van der Waals surface area (Å²) in [6.45, 7) is 0. The number of carbonyl (C=O) groups is 2. The molecule has 0 radical (unpaired) electrons. The van der Waals surface area contributed by atoms with Gasteiger partial charge in [0.05, 0.1) is 31.5 Å². The molecule has 2 aromatic carbocycles. The lowest BCUT2D eigenvalue weighted by Gasteiger charge is -2.23. The van der Waals surface area contributed by atoms with Gasteiger partial charge < -0.3 is 9.84 Å². The lowest BCUT2D eigenvalue weighted by Crippen LogP contribution is -2.27. The molecule has 9 nitrogen and oxygen atoms in total. The standard InChI is InChI=1S/C21H23N3O6S/c1-30-19-6-4-3-5-16(19)18-13-17(22-24(18)20(25)11-12-21(26)27)14-7-9-15(10-8-14)23-31(2,28)29/h3-10,18,23H,11-13H2,1-2H3,(H,26,27). The molecule has 0 aliphatic carbocycles. The fourth-order valence-electron chi connectivity index (χ4n) is 3.37. The largest absolute Gasteiger partial charge is 0.496 e. The fraction of sp³-hybridized carbons (Fsp3) is 0.286. The van der Waals surface area contributed by atoms with Gasteiger partial charge in [-0.05, 0) is 23.8 Å². The zero-order chi connectivity index (χ0) is 22.6. The molecule has 1 atom stereocenters. The van der Waals surface area contributed by atoms with E-state index in [4.69, 9.17) is 9.84 Å². The highest BCUT2D eigenvalue weighted by Crippen LogP contribution is 2.37. The molecule has 1 aliphatic heterocycles. The van der Waals surface area contributed by atoms with E-state index in [1.165, 1.54) is 5.01 Å². The molecular formula is C21H23N3O6S. The fourth-order valence-corrected chi connectivity index (χ4v) is 3.94. The van der Waals surface area contributed by atoms with E-state index in [1.807, 2.05) is 18.2 Å². The van der Waals surface area contributed by atoms with Crippen LogP contribution in [0.3, 0.4) is 0 Å². The number of carboxylic acids is 1. The maximum Gasteiger partial charge on any atom is 0.303 e. The molecule has 10 heteroatoms. The van der Waals surface area contributed by atoms with E-state index in [1.54, 1.807) is 37.4 Å². The van der Waals surface area contributed by atoms with E-state index in [-0.39, 0.29) is 12.8 Å². The molecule has 1 amide bonds. The Kier molecular flexibility index (Phi) is 6.59. The summed E-state index contributed by atoms with van der Waals surface area (Å²) in [6, 6.07) is 13.5. The minimum absolute atomic E-state index is 0.172. The third-order valence-corrected chi connectivity index (χ3v) is 5.34. The van der Waals surface area contributed by atoms with E-state index in [9.17, 15) is 18.0 Å². The smallest absolute Gasteiger partial charge is 0.303 e. The molecule has 0 saturated heterocycles. The van der Waals surface area contributed by atoms with Crippen molar-refractivity contribution in [1.82, 2.24) is 5.01 Å². The summed E-state index contributed by atoms with van der Waals surface area (Å²) in [5.41, 5.74) is 2.54. The molecule has 0 fully saturated rings. The molecule has 2 N–H and O–H groups in total. The van der Waals surface area contributed by atoms with Crippen molar-refractivity contribution in [3.8, 4) is 5.75 Å². The molecule has 2 aromatic rings. The minimum Gasteiger partial charge on any atom is -0.496 e. The van der Waals surface area contributed by atoms with Gasteiger partial charge in [0.15, 0.2) is 0 Å². The number of benzene rings is 2. The number of rotatable bonds is 8. The molecule has 1 heterocycles. The van der Waals surface area contributed by atoms with Gasteiger partial charge in [0.25, 0.3) is 0 Å². The number of carbonyl (C=O) groups excluding carboxylic acids is 1. The first-order valence-electron chi connectivity index (χ1n) is 9.50. The number of methoxy groups -OCH3 is 1. The van der Waals surface area contributed by atoms with E-state index >= 15 is 0 Å². The van der Waals surface area contributed by atoms with Gasteiger partial charge >= 0.3 is 5.97 Å². The minimum atomic E-state index is -3.39. The number of aliphatic carboxylic acids is 1. The lowest BCUT2D eigenvalue weighted by molar-refractivity contribution is -0.141. The van der Waals surface area contributed by atoms with E-state index < -0.39 is 27.9 Å². The van der Waals surface area contributed by atoms with Gasteiger partial charge in [0, 0.05) is 24.1 Å². The predicted molar refractivity (Wildman–Crippen MR) is 116 cm³/mol. The van der Waals surface area contributed by atoms with Crippen molar-refractivity contribution >= 4 is 33.3 Å². The highest BCUT2D eigenvalue weighted by Gasteiger charge is 2.34. The first-order valence-corrected chi connectivity index (χ1v) is 11.4. The van der Waals surface area contributed by atoms with Gasteiger partial charge in [0.2, 0.25) is 15.9 Å². The number of anilines is 1. The molecule has 164 valence electrons. The van der Waals surface area contributed by atoms with Crippen LogP contribution in [0.15, 0.2) is 53.6 Å². The number of sulfonamides is 1. The first kappa shape index (κ1) is 22.3. The number of hydrazone groups is 1. The number of carboxylic acid groups (broad SMARTS) is 1. The number of hydrogen-bond donors (Lipinski definition) is 2. The van der Waals surface area contributed by atoms with Gasteiger partial charge in [-0.25, -0.2) is 13.4 Å². The summed E-state index contributed by atoms with van der Waals surface area (Å²) in [6.07, 6.45) is 1.01. The van der Waals surface area contributed by atoms with Crippen molar-refractivity contribution in [1.29, 1.82) is 0 Å². The van der Waals surface area contributed by atoms with Crippen LogP contribution in [-0.2, 0) is 19.6 Å². The lowest BCUT2D eigenvalue weighted by atomic mass is 9.97. The normalized spacial score (nSPS) is 16.0. The number of para-hydroxylation sites is 1. The molecule has 0 aromatic heterocycles. The first-order chi connectivity index (χ1) is 14.7. The average molecular weight is 445 g/mol. The molecule has 0 bridgehead atoms. The summed E-state index contributed by atoms with van der Waals surface area (Å²) in [7, 11) is -1.85. The molecule has 31 heavy (non-hydrogen) atoms. The third kappa shape index (κ3) is 5.60. The van der Waals surface area contributed by atoms with Gasteiger partial charge in [0.1, 0.15) is 5.75 Å². The number of ether oxygens (including phenoxy) is 1. The average Bonchev–Trinajstić information content (AvgIpc) is 3.16. The topological polar surface area (TPSA) is 125 Å². The molecule has 0 spiro atoms. The third-order valence-electron chi connectivity index (χ3n) is 4.74. The number of nitrogens with zero attached hydrogens (tertiary/aromatic N) is 2. The number of amides is 1. The molecule has 1 aliphatic rings. The molecular weight excluding hydrogens is 422 g/mol. The van der Waals surface area contributed by atoms with Crippen LogP contribution in [0.5, 0.6) is 5.75 Å². The Morgan fingerprint density at radius 2 is 1.84 bits per heavy atom. The van der Waals surface area contributed by atoms with Crippen molar-refractivity contribution in [2.75, 3.05) is 18.1 Å². The van der Waals surface area contributed by atoms with Gasteiger partial charge in [-0.15, -0.1) is 0 Å². The summed E-state index contributed by atoms with van der Waals surface area (Å²) < 4.78 is 30.6. The van der Waals surface area contributed by atoms with E-state index in [0.717, 1.165) is 17.4 Å². The Morgan fingerprint density at radius 3 is 2.45 bits per heavy atom. The highest BCUT2D eigenvalue weighted by atomic mass is 32.2. The van der Waals surface area contributed by atoms with Crippen molar-refractivity contribution in [3.05, 3.63) is 59.7 Å². The quantitative estimate of drug-likeness (QED) is 0.643. The van der Waals surface area contributed by atoms with Crippen LogP contribution in [0.2, 0.25) is 0 Å². The van der Waals surface area contributed by atoms with Crippen LogP contribution in [0.1, 0.15) is 36.4 Å². The maximum absolute atomic E-state index is 12.8. The summed E-state index contributed by atoms with van der Waals surface area (Å²) in [4.78, 5) is 23.7. The summed E-state index contributed by atoms with van der Waals surface area (Å²) >= 11 is 0. The van der Waals surface area contributed by atoms with Crippen LogP contribution in [-0.4, -0.2) is 49.5 Å². The van der Waals surface area contributed by atoms with Gasteiger partial charge in [-0.1, -0.05) is 30.3 Å². The van der Waals surface area contributed by atoms with E-state index in [2.05, 4.69) is 9.82 Å². The number of nitrogens with one attached hydrogen (secondary N) is 1. The van der Waals surface area contributed by atoms with Crippen molar-refractivity contribution < 1.29 is 27.9 Å². The van der Waals surface area contributed by atoms with Crippen molar-refractivity contribution in [2.45, 2.75) is 25.3 Å². The van der Waals surface area contributed by atoms with E-state index in [0.29, 0.717) is 23.6 Å². The van der Waals surface area contributed by atoms with Crippen LogP contribution >= 0.6 is 0 Å². The SMILES string of the molecule is COc1ccccc1C1CC(c2ccc(NS(C)(=O)=O)cc2)=NN1C(=O)CCC(=O)O. The zero-order valence-electron chi connectivity index (χ0n) is 17.1. The molecule has 0 saturated carbocycles. The van der Waals surface area contributed by atoms with Crippen LogP contribution in [0.4, 0.5) is 5.69 Å². The van der Waals surface area contributed by atoms with Crippen LogP contribution < -0.4 is 9.46 Å². The Bertz CT molecular complexity index is 1110. The van der Waals surface area contributed by atoms with Gasteiger partial charge in [-0.3, -0.25) is 14.3 Å². The van der Waals surface area contributed by atoms with Crippen LogP contribution in [0, 0.1) is 0 Å². The Labute approximate surface area is 180 Å². The van der Waals surface area contributed by atoms with Crippen molar-refractivity contribution in [2.24, 2.45) is 5.10 Å². The second kappa shape index (κ2) is 9.17. The zero-order valence-corrected chi connectivity index (χ0v) is 17.9. The monoisotopic (exact) mass is 445 g/mol. The number of hydrogen-bond acceptors (Lipinski definition) is 6.